The zero-order valence-electron chi connectivity index (χ0n) is 19.2. The van der Waals surface area contributed by atoms with E-state index in [0.717, 1.165) is 35.0 Å². The second-order valence-corrected chi connectivity index (χ2v) is 8.75. The van der Waals surface area contributed by atoms with Crippen molar-refractivity contribution >= 4 is 16.8 Å². The number of phenols is 1. The van der Waals surface area contributed by atoms with Crippen molar-refractivity contribution in [3.8, 4) is 17.2 Å². The molecule has 3 aromatic carbocycles. The van der Waals surface area contributed by atoms with Crippen LogP contribution in [0.2, 0.25) is 0 Å². The summed E-state index contributed by atoms with van der Waals surface area (Å²) in [5.41, 5.74) is 4.62. The number of phenolic OH excluding ortho intramolecular Hbond substituents is 1. The number of ketones is 1. The number of carbonyl (C=O) groups is 1. The second-order valence-electron chi connectivity index (χ2n) is 8.75. The Balaban J connectivity index is 1.30. The number of aromatic amines is 1. The highest BCUT2D eigenvalue weighted by molar-refractivity contribution is 6.11. The van der Waals surface area contributed by atoms with Crippen molar-refractivity contribution < 1.29 is 19.4 Å². The fourth-order valence-electron chi connectivity index (χ4n) is 4.53. The summed E-state index contributed by atoms with van der Waals surface area (Å²) in [4.78, 5) is 20.6. The minimum absolute atomic E-state index is 0.0583. The molecular formula is C28H28N2O4. The lowest BCUT2D eigenvalue weighted by molar-refractivity contribution is 0.103. The smallest absolute Gasteiger partial charge is 0.197 e. The van der Waals surface area contributed by atoms with Crippen molar-refractivity contribution in [1.29, 1.82) is 0 Å². The van der Waals surface area contributed by atoms with Gasteiger partial charge in [-0.3, -0.25) is 4.79 Å². The maximum absolute atomic E-state index is 13.2. The predicted molar refractivity (Wildman–Crippen MR) is 131 cm³/mol. The highest BCUT2D eigenvalue weighted by Crippen LogP contribution is 2.31. The largest absolute Gasteiger partial charge is 0.507 e. The summed E-state index contributed by atoms with van der Waals surface area (Å²) >= 11 is 0. The van der Waals surface area contributed by atoms with Crippen LogP contribution in [0.3, 0.4) is 0 Å². The number of rotatable bonds is 8. The van der Waals surface area contributed by atoms with Gasteiger partial charge in [-0.25, -0.2) is 4.98 Å². The minimum Gasteiger partial charge on any atom is -0.507 e. The third-order valence-electron chi connectivity index (χ3n) is 6.41. The number of nitrogens with one attached hydrogen (secondary N) is 1. The van der Waals surface area contributed by atoms with E-state index in [1.807, 2.05) is 31.2 Å². The van der Waals surface area contributed by atoms with Gasteiger partial charge in [0.2, 0.25) is 0 Å². The van der Waals surface area contributed by atoms with Crippen LogP contribution in [-0.4, -0.2) is 27.0 Å². The van der Waals surface area contributed by atoms with E-state index in [9.17, 15) is 9.90 Å². The number of H-pyrrole nitrogens is 1. The van der Waals surface area contributed by atoms with E-state index in [1.54, 1.807) is 36.7 Å². The number of nitrogens with zero attached hydrogens (tertiary/aromatic N) is 1. The number of aryl methyl sites for hydroxylation is 1. The van der Waals surface area contributed by atoms with Crippen LogP contribution in [0.5, 0.6) is 17.2 Å². The van der Waals surface area contributed by atoms with Crippen molar-refractivity contribution in [2.24, 2.45) is 0 Å². The van der Waals surface area contributed by atoms with Crippen molar-refractivity contribution in [3.05, 3.63) is 83.2 Å². The van der Waals surface area contributed by atoms with Crippen LogP contribution in [0.1, 0.15) is 59.7 Å². The van der Waals surface area contributed by atoms with Gasteiger partial charge < -0.3 is 19.6 Å². The van der Waals surface area contributed by atoms with Gasteiger partial charge in [-0.2, -0.15) is 0 Å². The molecule has 1 aliphatic carbocycles. The number of benzene rings is 3. The molecular weight excluding hydrogens is 428 g/mol. The minimum atomic E-state index is -0.210. The number of aromatic hydroxyl groups is 1. The molecule has 1 aliphatic rings. The monoisotopic (exact) mass is 456 g/mol. The van der Waals surface area contributed by atoms with E-state index in [0.29, 0.717) is 30.1 Å². The molecule has 4 aromatic rings. The number of hydrogen-bond donors (Lipinski definition) is 2. The van der Waals surface area contributed by atoms with Crippen molar-refractivity contribution in [2.45, 2.75) is 51.7 Å². The van der Waals surface area contributed by atoms with E-state index in [2.05, 4.69) is 9.97 Å². The molecule has 0 atom stereocenters. The van der Waals surface area contributed by atoms with Gasteiger partial charge in [0.25, 0.3) is 0 Å². The summed E-state index contributed by atoms with van der Waals surface area (Å²) in [6, 6.07) is 16.4. The number of carbonyl (C=O) groups excluding carboxylic acids is 1. The molecule has 0 radical (unpaired) electrons. The first kappa shape index (κ1) is 22.0. The summed E-state index contributed by atoms with van der Waals surface area (Å²) in [6.45, 7) is 2.41. The zero-order chi connectivity index (χ0) is 23.5. The Morgan fingerprint density at radius 1 is 1.03 bits per heavy atom. The summed E-state index contributed by atoms with van der Waals surface area (Å²) in [5.74, 6) is 1.03. The fraction of sp³-hybridized carbons (Fsp3) is 0.286. The van der Waals surface area contributed by atoms with Crippen LogP contribution in [0.25, 0.3) is 11.0 Å². The summed E-state index contributed by atoms with van der Waals surface area (Å²) < 4.78 is 11.9. The topological polar surface area (TPSA) is 84.4 Å². The quantitative estimate of drug-likeness (QED) is 0.320. The molecule has 1 aromatic heterocycles. The number of ether oxygens (including phenoxy) is 2. The van der Waals surface area contributed by atoms with Gasteiger partial charge in [0.05, 0.1) is 29.0 Å². The maximum atomic E-state index is 13.2. The van der Waals surface area contributed by atoms with Crippen LogP contribution in [-0.2, 0) is 13.0 Å². The average Bonchev–Trinajstić information content (AvgIpc) is 3.54. The van der Waals surface area contributed by atoms with E-state index < -0.39 is 0 Å². The Bertz CT molecular complexity index is 1320. The lowest BCUT2D eigenvalue weighted by Crippen LogP contribution is -2.11. The lowest BCUT2D eigenvalue weighted by Gasteiger charge is -2.15. The van der Waals surface area contributed by atoms with Crippen LogP contribution in [0.4, 0.5) is 0 Å². The molecule has 34 heavy (non-hydrogen) atoms. The normalized spacial score (nSPS) is 13.9. The van der Waals surface area contributed by atoms with Crippen molar-refractivity contribution in [2.75, 3.05) is 0 Å². The Morgan fingerprint density at radius 2 is 1.82 bits per heavy atom. The molecule has 0 spiro atoms. The molecule has 0 unspecified atom stereocenters. The SMILES string of the molecule is CCc1cc(OCc2ccc3nc[nH]c3c2)ccc1C(=O)c1ccc(OC2CCCC2)cc1O. The van der Waals surface area contributed by atoms with Crippen molar-refractivity contribution in [1.82, 2.24) is 9.97 Å². The van der Waals surface area contributed by atoms with Crippen LogP contribution in [0, 0.1) is 0 Å². The molecule has 6 nitrogen and oxygen atoms in total. The Labute approximate surface area is 198 Å². The van der Waals surface area contributed by atoms with Crippen LogP contribution in [0.15, 0.2) is 60.9 Å². The fourth-order valence-corrected chi connectivity index (χ4v) is 4.53. The predicted octanol–water partition coefficient (Wildman–Crippen LogP) is 5.96. The van der Waals surface area contributed by atoms with Crippen LogP contribution >= 0.6 is 0 Å². The first-order chi connectivity index (χ1) is 16.6. The molecule has 0 saturated heterocycles. The third kappa shape index (κ3) is 4.62. The van der Waals surface area contributed by atoms with Gasteiger partial charge in [0.1, 0.15) is 23.9 Å². The Morgan fingerprint density at radius 3 is 2.62 bits per heavy atom. The van der Waals surface area contributed by atoms with Gasteiger partial charge in [0, 0.05) is 11.6 Å². The third-order valence-corrected chi connectivity index (χ3v) is 6.41. The molecule has 0 amide bonds. The first-order valence-electron chi connectivity index (χ1n) is 11.8. The number of hydrogen-bond acceptors (Lipinski definition) is 5. The summed E-state index contributed by atoms with van der Waals surface area (Å²) in [7, 11) is 0. The highest BCUT2D eigenvalue weighted by Gasteiger charge is 2.20. The Kier molecular flexibility index (Phi) is 6.21. The Hall–Kier alpha value is -3.80. The molecule has 174 valence electrons. The van der Waals surface area contributed by atoms with Crippen molar-refractivity contribution in [3.63, 3.8) is 0 Å². The van der Waals surface area contributed by atoms with Crippen LogP contribution < -0.4 is 9.47 Å². The van der Waals surface area contributed by atoms with E-state index in [1.165, 1.54) is 12.8 Å². The van der Waals surface area contributed by atoms with E-state index in [-0.39, 0.29) is 23.2 Å². The van der Waals surface area contributed by atoms with Gasteiger partial charge in [-0.15, -0.1) is 0 Å². The maximum Gasteiger partial charge on any atom is 0.197 e. The highest BCUT2D eigenvalue weighted by atomic mass is 16.5. The lowest BCUT2D eigenvalue weighted by atomic mass is 9.96. The molecule has 5 rings (SSSR count). The summed E-state index contributed by atoms with van der Waals surface area (Å²) in [5, 5.41) is 10.6. The van der Waals surface area contributed by atoms with Gasteiger partial charge >= 0.3 is 0 Å². The van der Waals surface area contributed by atoms with E-state index in [4.69, 9.17) is 9.47 Å². The standard InChI is InChI=1S/C28H28N2O4/c1-2-19-14-21(33-16-18-7-12-25-26(13-18)30-17-29-25)8-10-23(19)28(32)24-11-9-22(15-27(24)31)34-20-5-3-4-6-20/h7-15,17,20,31H,2-6,16H2,1H3,(H,29,30). The molecule has 1 heterocycles. The van der Waals surface area contributed by atoms with Gasteiger partial charge in [-0.05, 0) is 85.7 Å². The molecule has 0 bridgehead atoms. The molecule has 2 N–H and O–H groups in total. The molecule has 1 fully saturated rings. The van der Waals surface area contributed by atoms with Gasteiger partial charge in [0.15, 0.2) is 5.78 Å². The number of aromatic nitrogens is 2. The number of fused-ring (bicyclic) bond motifs is 1. The van der Waals surface area contributed by atoms with E-state index >= 15 is 0 Å². The van der Waals surface area contributed by atoms with Gasteiger partial charge in [-0.1, -0.05) is 13.0 Å². The first-order valence-corrected chi connectivity index (χ1v) is 11.8. The summed E-state index contributed by atoms with van der Waals surface area (Å²) in [6.07, 6.45) is 6.95. The number of imidazole rings is 1. The second kappa shape index (κ2) is 9.59. The molecule has 0 aliphatic heterocycles. The molecule has 6 heteroatoms. The average molecular weight is 457 g/mol. The molecule has 1 saturated carbocycles. The zero-order valence-corrected chi connectivity index (χ0v) is 19.2.